The van der Waals surface area contributed by atoms with E-state index in [1.165, 1.54) is 225 Å². The number of esters is 4. The van der Waals surface area contributed by atoms with Crippen LogP contribution in [0.1, 0.15) is 414 Å². The lowest BCUT2D eigenvalue weighted by molar-refractivity contribution is -0.161. The highest BCUT2D eigenvalue weighted by molar-refractivity contribution is 7.47. The standard InChI is InChI=1S/C80H156O17P2/c1-8-11-12-13-14-15-16-17-18-19-20-21-22-23-24-34-42-49-56-63-79(84)96-75(67-90-77(82)61-54-47-40-33-27-25-31-38-45-52-59-72(6)9-2)69-94-98(86,87)92-65-74(81)66-93-99(88,89)95-70-76(68-91-78(83)62-55-48-41-36-29-30-37-44-51-58-71(4)5)97-80(85)64-57-50-43-35-28-26-32-39-46-53-60-73(7)10-3/h71-76,81H,8-70H2,1-7H3,(H,86,87)(H,88,89)/t72?,73?,74-,75-,76-/m1/s1. The van der Waals surface area contributed by atoms with Crippen LogP contribution in [0.3, 0.4) is 0 Å². The van der Waals surface area contributed by atoms with Crippen molar-refractivity contribution in [3.05, 3.63) is 0 Å². The third kappa shape index (κ3) is 71.5. The van der Waals surface area contributed by atoms with Crippen molar-refractivity contribution >= 4 is 39.5 Å². The first-order valence-electron chi connectivity index (χ1n) is 41.4. The van der Waals surface area contributed by atoms with E-state index in [9.17, 15) is 43.2 Å². The summed E-state index contributed by atoms with van der Waals surface area (Å²) < 4.78 is 68.7. The Labute approximate surface area is 607 Å². The Morgan fingerprint density at radius 2 is 0.515 bits per heavy atom. The molecular weight excluding hydrogens is 1290 g/mol. The van der Waals surface area contributed by atoms with E-state index in [0.29, 0.717) is 25.7 Å². The van der Waals surface area contributed by atoms with Gasteiger partial charge >= 0.3 is 39.5 Å². The molecule has 0 aromatic heterocycles. The van der Waals surface area contributed by atoms with Gasteiger partial charge in [0.15, 0.2) is 12.2 Å². The molecule has 0 aromatic rings. The number of carbonyl (C=O) groups is 4. The lowest BCUT2D eigenvalue weighted by Crippen LogP contribution is -2.30. The van der Waals surface area contributed by atoms with E-state index < -0.39 is 97.5 Å². The Hall–Kier alpha value is -1.94. The first-order chi connectivity index (χ1) is 47.8. The third-order valence-corrected chi connectivity index (χ3v) is 21.3. The van der Waals surface area contributed by atoms with E-state index in [4.69, 9.17) is 37.0 Å². The zero-order valence-electron chi connectivity index (χ0n) is 65.0. The zero-order chi connectivity index (χ0) is 73.0. The summed E-state index contributed by atoms with van der Waals surface area (Å²) in [5.41, 5.74) is 0. The van der Waals surface area contributed by atoms with Crippen molar-refractivity contribution in [1.29, 1.82) is 0 Å². The molecule has 0 heterocycles. The number of ether oxygens (including phenoxy) is 4. The predicted octanol–water partition coefficient (Wildman–Crippen LogP) is 23.7. The summed E-state index contributed by atoms with van der Waals surface area (Å²) in [6, 6.07) is 0. The number of phosphoric acid groups is 2. The molecule has 4 unspecified atom stereocenters. The van der Waals surface area contributed by atoms with Gasteiger partial charge in [-0.3, -0.25) is 37.3 Å². The molecule has 19 heteroatoms. The van der Waals surface area contributed by atoms with Gasteiger partial charge in [0.25, 0.3) is 0 Å². The van der Waals surface area contributed by atoms with Gasteiger partial charge in [-0.1, -0.05) is 363 Å². The molecule has 0 aliphatic carbocycles. The van der Waals surface area contributed by atoms with Crippen LogP contribution in [-0.2, 0) is 65.4 Å². The molecule has 588 valence electrons. The van der Waals surface area contributed by atoms with Crippen LogP contribution in [0.2, 0.25) is 0 Å². The van der Waals surface area contributed by atoms with Crippen molar-refractivity contribution in [2.75, 3.05) is 39.6 Å². The number of aliphatic hydroxyl groups excluding tert-OH is 1. The molecule has 0 spiro atoms. The highest BCUT2D eigenvalue weighted by Gasteiger charge is 2.30. The quantitative estimate of drug-likeness (QED) is 0.0222. The number of rotatable bonds is 78. The predicted molar refractivity (Wildman–Crippen MR) is 405 cm³/mol. The zero-order valence-corrected chi connectivity index (χ0v) is 66.8. The molecule has 0 radical (unpaired) electrons. The van der Waals surface area contributed by atoms with Gasteiger partial charge in [-0.2, -0.15) is 0 Å². The van der Waals surface area contributed by atoms with E-state index in [1.807, 2.05) is 0 Å². The first-order valence-corrected chi connectivity index (χ1v) is 44.4. The van der Waals surface area contributed by atoms with Crippen molar-refractivity contribution in [3.8, 4) is 0 Å². The molecule has 0 rings (SSSR count). The Kier molecular flexibility index (Phi) is 69.0. The number of carbonyl (C=O) groups excluding carboxylic acids is 4. The minimum atomic E-state index is -4.96. The molecule has 0 saturated carbocycles. The summed E-state index contributed by atoms with van der Waals surface area (Å²) in [4.78, 5) is 73.0. The fraction of sp³-hybridized carbons (Fsp3) is 0.950. The van der Waals surface area contributed by atoms with E-state index in [-0.39, 0.29) is 25.7 Å². The molecule has 17 nitrogen and oxygen atoms in total. The normalized spacial score (nSPS) is 14.5. The summed E-state index contributed by atoms with van der Waals surface area (Å²) >= 11 is 0. The summed E-state index contributed by atoms with van der Waals surface area (Å²) in [7, 11) is -9.92. The molecule has 3 N–H and O–H groups in total. The van der Waals surface area contributed by atoms with Gasteiger partial charge in [-0.05, 0) is 43.4 Å². The third-order valence-electron chi connectivity index (χ3n) is 19.4. The minimum absolute atomic E-state index is 0.106. The monoisotopic (exact) mass is 1450 g/mol. The van der Waals surface area contributed by atoms with Crippen LogP contribution in [-0.4, -0.2) is 96.7 Å². The van der Waals surface area contributed by atoms with E-state index >= 15 is 0 Å². The van der Waals surface area contributed by atoms with Gasteiger partial charge in [0, 0.05) is 25.7 Å². The van der Waals surface area contributed by atoms with Crippen molar-refractivity contribution < 1.29 is 80.2 Å². The van der Waals surface area contributed by atoms with Gasteiger partial charge in [0.2, 0.25) is 0 Å². The summed E-state index contributed by atoms with van der Waals surface area (Å²) in [6.07, 6.45) is 58.1. The molecule has 0 aliphatic heterocycles. The minimum Gasteiger partial charge on any atom is -0.462 e. The molecule has 7 atom stereocenters. The topological polar surface area (TPSA) is 237 Å². The summed E-state index contributed by atoms with van der Waals surface area (Å²) in [5, 5.41) is 10.6. The van der Waals surface area contributed by atoms with E-state index in [0.717, 1.165) is 108 Å². The molecule has 0 bridgehead atoms. The molecular formula is C80H156O17P2. The second-order valence-electron chi connectivity index (χ2n) is 29.8. The van der Waals surface area contributed by atoms with Crippen LogP contribution in [0.25, 0.3) is 0 Å². The number of phosphoric ester groups is 2. The van der Waals surface area contributed by atoms with Crippen LogP contribution in [0.15, 0.2) is 0 Å². The summed E-state index contributed by atoms with van der Waals surface area (Å²) in [5.74, 6) is 0.244. The second kappa shape index (κ2) is 70.4. The number of unbranched alkanes of at least 4 members (excludes halogenated alkanes) is 44. The fourth-order valence-corrected chi connectivity index (χ4v) is 13.8. The molecule has 0 aliphatic rings. The Morgan fingerprint density at radius 3 is 0.768 bits per heavy atom. The van der Waals surface area contributed by atoms with E-state index in [1.54, 1.807) is 0 Å². The average Bonchev–Trinajstić information content (AvgIpc) is 1.10. The average molecular weight is 1450 g/mol. The maximum Gasteiger partial charge on any atom is 0.472 e. The molecule has 0 saturated heterocycles. The summed E-state index contributed by atoms with van der Waals surface area (Å²) in [6.45, 7) is 12.0. The number of hydrogen-bond donors (Lipinski definition) is 3. The Bertz CT molecular complexity index is 1930. The second-order valence-corrected chi connectivity index (χ2v) is 32.7. The fourth-order valence-electron chi connectivity index (χ4n) is 12.2. The van der Waals surface area contributed by atoms with Crippen molar-refractivity contribution in [2.24, 2.45) is 17.8 Å². The van der Waals surface area contributed by atoms with Crippen LogP contribution in [0.4, 0.5) is 0 Å². The highest BCUT2D eigenvalue weighted by Crippen LogP contribution is 2.45. The van der Waals surface area contributed by atoms with Gasteiger partial charge in [0.05, 0.1) is 26.4 Å². The largest absolute Gasteiger partial charge is 0.472 e. The smallest absolute Gasteiger partial charge is 0.462 e. The number of hydrogen-bond acceptors (Lipinski definition) is 15. The van der Waals surface area contributed by atoms with Gasteiger partial charge in [0.1, 0.15) is 19.3 Å². The van der Waals surface area contributed by atoms with Gasteiger partial charge in [-0.25, -0.2) is 9.13 Å². The first kappa shape index (κ1) is 97.1. The van der Waals surface area contributed by atoms with Crippen LogP contribution >= 0.6 is 15.6 Å². The van der Waals surface area contributed by atoms with Crippen LogP contribution < -0.4 is 0 Å². The Morgan fingerprint density at radius 1 is 0.293 bits per heavy atom. The lowest BCUT2D eigenvalue weighted by Gasteiger charge is -2.21. The van der Waals surface area contributed by atoms with Gasteiger partial charge < -0.3 is 33.8 Å². The van der Waals surface area contributed by atoms with Gasteiger partial charge in [-0.15, -0.1) is 0 Å². The Balaban J connectivity index is 5.26. The van der Waals surface area contributed by atoms with Crippen molar-refractivity contribution in [1.82, 2.24) is 0 Å². The van der Waals surface area contributed by atoms with Crippen molar-refractivity contribution in [3.63, 3.8) is 0 Å². The molecule has 0 aromatic carbocycles. The molecule has 99 heavy (non-hydrogen) atoms. The number of aliphatic hydroxyl groups is 1. The maximum atomic E-state index is 13.1. The molecule has 0 fully saturated rings. The maximum absolute atomic E-state index is 13.1. The SMILES string of the molecule is CCCCCCCCCCCCCCCCCCCCCC(=O)O[C@H](COC(=O)CCCCCCCCCCCCC(C)CC)COP(=O)(O)OC[C@@H](O)COP(=O)(O)OC[C@@H](COC(=O)CCCCCCCCCCCC(C)C)OC(=O)CCCCCCCCCCCCC(C)CC. The van der Waals surface area contributed by atoms with Crippen molar-refractivity contribution in [2.45, 2.75) is 433 Å². The highest BCUT2D eigenvalue weighted by atomic mass is 31.2. The van der Waals surface area contributed by atoms with Crippen LogP contribution in [0, 0.1) is 17.8 Å². The lowest BCUT2D eigenvalue weighted by atomic mass is 9.99. The van der Waals surface area contributed by atoms with Crippen LogP contribution in [0.5, 0.6) is 0 Å². The van der Waals surface area contributed by atoms with E-state index in [2.05, 4.69) is 48.5 Å². The molecule has 0 amide bonds.